The Morgan fingerprint density at radius 1 is 1.50 bits per heavy atom. The van der Waals surface area contributed by atoms with Crippen LogP contribution in [-0.2, 0) is 0 Å². The van der Waals surface area contributed by atoms with Gasteiger partial charge in [-0.25, -0.2) is 0 Å². The zero-order chi connectivity index (χ0) is 9.57. The monoisotopic (exact) mass is 167 g/mol. The molecule has 3 atom stereocenters. The lowest BCUT2D eigenvalue weighted by Gasteiger charge is -2.54. The predicted octanol–water partition coefficient (Wildman–Crippen LogP) is 1.94. The molecule has 1 fully saturated rings. The molecule has 2 heteroatoms. The van der Waals surface area contributed by atoms with Crippen molar-refractivity contribution >= 4 is 0 Å². The SMILES string of the molecule is CC1CC(O)(C(C)(C)C#N)C1C. The van der Waals surface area contributed by atoms with Crippen molar-refractivity contribution in [2.75, 3.05) is 0 Å². The topological polar surface area (TPSA) is 44.0 Å². The number of aliphatic hydroxyl groups is 1. The Kier molecular flexibility index (Phi) is 1.96. The van der Waals surface area contributed by atoms with E-state index >= 15 is 0 Å². The minimum Gasteiger partial charge on any atom is -0.388 e. The highest BCUT2D eigenvalue weighted by Gasteiger charge is 2.57. The fourth-order valence-corrected chi connectivity index (χ4v) is 2.08. The van der Waals surface area contributed by atoms with Crippen LogP contribution < -0.4 is 0 Å². The zero-order valence-corrected chi connectivity index (χ0v) is 8.26. The molecule has 1 aliphatic carbocycles. The fraction of sp³-hybridized carbons (Fsp3) is 0.900. The minimum atomic E-state index is -0.763. The fourth-order valence-electron chi connectivity index (χ4n) is 2.08. The quantitative estimate of drug-likeness (QED) is 0.648. The van der Waals surface area contributed by atoms with Crippen molar-refractivity contribution < 1.29 is 5.11 Å². The largest absolute Gasteiger partial charge is 0.388 e. The molecule has 1 rings (SSSR count). The molecule has 0 bridgehead atoms. The maximum atomic E-state index is 10.2. The van der Waals surface area contributed by atoms with Crippen LogP contribution >= 0.6 is 0 Å². The molecule has 0 radical (unpaired) electrons. The standard InChI is InChI=1S/C10H17NO/c1-7-5-10(12,8(7)2)9(3,4)6-11/h7-8,12H,5H2,1-4H3. The average Bonchev–Trinajstić information content (AvgIpc) is 2.03. The van der Waals surface area contributed by atoms with E-state index in [2.05, 4.69) is 13.0 Å². The molecule has 1 N–H and O–H groups in total. The van der Waals surface area contributed by atoms with Gasteiger partial charge in [0.25, 0.3) is 0 Å². The molecular formula is C10H17NO. The first-order valence-corrected chi connectivity index (χ1v) is 4.49. The summed E-state index contributed by atoms with van der Waals surface area (Å²) in [5, 5.41) is 19.0. The Balaban J connectivity index is 2.84. The van der Waals surface area contributed by atoms with Crippen LogP contribution in [0.1, 0.15) is 34.1 Å². The maximum absolute atomic E-state index is 10.2. The van der Waals surface area contributed by atoms with Crippen molar-refractivity contribution in [1.82, 2.24) is 0 Å². The van der Waals surface area contributed by atoms with Crippen LogP contribution in [0.15, 0.2) is 0 Å². The molecule has 0 heterocycles. The summed E-state index contributed by atoms with van der Waals surface area (Å²) in [5.41, 5.74) is -1.37. The molecule has 1 aliphatic rings. The second-order valence-electron chi connectivity index (χ2n) is 4.63. The first-order valence-electron chi connectivity index (χ1n) is 4.49. The van der Waals surface area contributed by atoms with Gasteiger partial charge in [0.2, 0.25) is 0 Å². The van der Waals surface area contributed by atoms with Gasteiger partial charge in [0.05, 0.1) is 17.1 Å². The van der Waals surface area contributed by atoms with E-state index in [1.54, 1.807) is 0 Å². The summed E-state index contributed by atoms with van der Waals surface area (Å²) in [7, 11) is 0. The third kappa shape index (κ3) is 0.964. The van der Waals surface area contributed by atoms with Crippen LogP contribution in [0, 0.1) is 28.6 Å². The average molecular weight is 167 g/mol. The van der Waals surface area contributed by atoms with Gasteiger partial charge in [-0.05, 0) is 32.1 Å². The second kappa shape index (κ2) is 2.47. The Morgan fingerprint density at radius 2 is 2.00 bits per heavy atom. The van der Waals surface area contributed by atoms with Crippen LogP contribution in [0.2, 0.25) is 0 Å². The van der Waals surface area contributed by atoms with Crippen molar-refractivity contribution in [3.63, 3.8) is 0 Å². The molecular weight excluding hydrogens is 150 g/mol. The molecule has 0 aromatic rings. The number of hydrogen-bond donors (Lipinski definition) is 1. The molecule has 68 valence electrons. The van der Waals surface area contributed by atoms with Gasteiger partial charge >= 0.3 is 0 Å². The molecule has 1 saturated carbocycles. The number of rotatable bonds is 1. The van der Waals surface area contributed by atoms with Gasteiger partial charge in [-0.15, -0.1) is 0 Å². The second-order valence-corrected chi connectivity index (χ2v) is 4.63. The Labute approximate surface area is 74.2 Å². The number of nitriles is 1. The van der Waals surface area contributed by atoms with Crippen molar-refractivity contribution in [3.8, 4) is 6.07 Å². The van der Waals surface area contributed by atoms with Gasteiger partial charge in [0.15, 0.2) is 0 Å². The van der Waals surface area contributed by atoms with Crippen LogP contribution in [0.5, 0.6) is 0 Å². The van der Waals surface area contributed by atoms with Gasteiger partial charge in [0, 0.05) is 0 Å². The lowest BCUT2D eigenvalue weighted by atomic mass is 9.53. The van der Waals surface area contributed by atoms with E-state index in [4.69, 9.17) is 5.26 Å². The zero-order valence-electron chi connectivity index (χ0n) is 8.26. The Bertz CT molecular complexity index is 228. The van der Waals surface area contributed by atoms with Gasteiger partial charge in [-0.3, -0.25) is 0 Å². The van der Waals surface area contributed by atoms with E-state index in [1.165, 1.54) is 0 Å². The van der Waals surface area contributed by atoms with E-state index in [0.29, 0.717) is 5.92 Å². The van der Waals surface area contributed by atoms with E-state index < -0.39 is 11.0 Å². The summed E-state index contributed by atoms with van der Waals surface area (Å²) in [6, 6.07) is 2.18. The molecule has 0 aliphatic heterocycles. The highest BCUT2D eigenvalue weighted by molar-refractivity contribution is 5.14. The van der Waals surface area contributed by atoms with Gasteiger partial charge in [0.1, 0.15) is 0 Å². The molecule has 12 heavy (non-hydrogen) atoms. The molecule has 2 nitrogen and oxygen atoms in total. The normalized spacial score (nSPS) is 41.7. The van der Waals surface area contributed by atoms with Crippen LogP contribution in [0.3, 0.4) is 0 Å². The van der Waals surface area contributed by atoms with E-state index in [9.17, 15) is 5.11 Å². The van der Waals surface area contributed by atoms with Crippen molar-refractivity contribution in [2.24, 2.45) is 17.3 Å². The summed E-state index contributed by atoms with van der Waals surface area (Å²) in [6.07, 6.45) is 0.759. The Hall–Kier alpha value is -0.550. The van der Waals surface area contributed by atoms with Crippen molar-refractivity contribution in [3.05, 3.63) is 0 Å². The third-order valence-electron chi connectivity index (χ3n) is 3.60. The summed E-state index contributed by atoms with van der Waals surface area (Å²) in [6.45, 7) is 7.77. The number of nitrogens with zero attached hydrogens (tertiary/aromatic N) is 1. The Morgan fingerprint density at radius 3 is 2.25 bits per heavy atom. The highest BCUT2D eigenvalue weighted by Crippen LogP contribution is 2.52. The summed E-state index contributed by atoms with van der Waals surface area (Å²) >= 11 is 0. The molecule has 3 unspecified atom stereocenters. The van der Waals surface area contributed by atoms with Gasteiger partial charge in [-0.1, -0.05) is 13.8 Å². The van der Waals surface area contributed by atoms with Crippen LogP contribution in [-0.4, -0.2) is 10.7 Å². The van der Waals surface area contributed by atoms with Gasteiger partial charge < -0.3 is 5.11 Å². The first-order chi connectivity index (χ1) is 5.35. The van der Waals surface area contributed by atoms with Gasteiger partial charge in [-0.2, -0.15) is 5.26 Å². The summed E-state index contributed by atoms with van der Waals surface area (Å²) in [4.78, 5) is 0. The molecule has 0 spiro atoms. The van der Waals surface area contributed by atoms with Crippen LogP contribution in [0.4, 0.5) is 0 Å². The van der Waals surface area contributed by atoms with E-state index in [-0.39, 0.29) is 5.92 Å². The maximum Gasteiger partial charge on any atom is 0.0858 e. The number of hydrogen-bond acceptors (Lipinski definition) is 2. The van der Waals surface area contributed by atoms with Crippen molar-refractivity contribution in [2.45, 2.75) is 39.7 Å². The smallest absolute Gasteiger partial charge is 0.0858 e. The van der Waals surface area contributed by atoms with E-state index in [1.807, 2.05) is 20.8 Å². The third-order valence-corrected chi connectivity index (χ3v) is 3.60. The van der Waals surface area contributed by atoms with E-state index in [0.717, 1.165) is 6.42 Å². The molecule has 0 amide bonds. The first kappa shape index (κ1) is 9.54. The highest BCUT2D eigenvalue weighted by atomic mass is 16.3. The molecule has 0 aromatic carbocycles. The molecule has 0 saturated heterocycles. The van der Waals surface area contributed by atoms with Crippen molar-refractivity contribution in [1.29, 1.82) is 5.26 Å². The lowest BCUT2D eigenvalue weighted by Crippen LogP contribution is -2.60. The summed E-state index contributed by atoms with van der Waals surface area (Å²) in [5.74, 6) is 0.787. The predicted molar refractivity (Wildman–Crippen MR) is 47.3 cm³/mol. The molecule has 0 aromatic heterocycles. The van der Waals surface area contributed by atoms with Crippen LogP contribution in [0.25, 0.3) is 0 Å². The lowest BCUT2D eigenvalue weighted by molar-refractivity contribution is -0.178. The summed E-state index contributed by atoms with van der Waals surface area (Å²) < 4.78 is 0. The minimum absolute atomic E-state index is 0.243.